The summed E-state index contributed by atoms with van der Waals surface area (Å²) in [5, 5.41) is 11.9. The second-order valence-electron chi connectivity index (χ2n) is 8.12. The van der Waals surface area contributed by atoms with Crippen LogP contribution in [0.4, 0.5) is 10.5 Å². The topological polar surface area (TPSA) is 82.1 Å². The number of amides is 2. The molecule has 1 aliphatic heterocycles. The van der Waals surface area contributed by atoms with Gasteiger partial charge >= 0.3 is 12.0 Å². The Bertz CT molecular complexity index is 690. The number of likely N-dealkylation sites (N-methyl/N-ethyl adjacent to an activating group) is 1. The molecule has 2 amide bonds. The van der Waals surface area contributed by atoms with Crippen LogP contribution in [0.2, 0.25) is 0 Å². The van der Waals surface area contributed by atoms with E-state index in [4.69, 9.17) is 9.84 Å². The van der Waals surface area contributed by atoms with Crippen molar-refractivity contribution in [3.63, 3.8) is 0 Å². The minimum absolute atomic E-state index is 0.0496. The zero-order valence-corrected chi connectivity index (χ0v) is 17.6. The summed E-state index contributed by atoms with van der Waals surface area (Å²) in [5.41, 5.74) is 3.23. The van der Waals surface area contributed by atoms with Gasteiger partial charge in [0.2, 0.25) is 0 Å². The van der Waals surface area contributed by atoms with Crippen LogP contribution in [0.5, 0.6) is 0 Å². The summed E-state index contributed by atoms with van der Waals surface area (Å²) < 4.78 is 5.71. The number of aliphatic carboxylic acids is 1. The van der Waals surface area contributed by atoms with Crippen molar-refractivity contribution < 1.29 is 19.4 Å². The fourth-order valence-electron chi connectivity index (χ4n) is 3.38. The first kappa shape index (κ1) is 22.2. The minimum atomic E-state index is -0.876. The molecule has 1 saturated heterocycles. The third-order valence-electron chi connectivity index (χ3n) is 4.95. The highest BCUT2D eigenvalue weighted by molar-refractivity contribution is 5.90. The lowest BCUT2D eigenvalue weighted by molar-refractivity contribution is -0.138. The van der Waals surface area contributed by atoms with E-state index in [2.05, 4.69) is 45.1 Å². The molecule has 0 spiro atoms. The normalized spacial score (nSPS) is 17.4. The fraction of sp³-hybridized carbons (Fsp3) is 0.619. The van der Waals surface area contributed by atoms with Crippen molar-refractivity contribution in [1.29, 1.82) is 0 Å². The molecule has 7 nitrogen and oxygen atoms in total. The van der Waals surface area contributed by atoms with Crippen molar-refractivity contribution in [1.82, 2.24) is 9.80 Å². The van der Waals surface area contributed by atoms with Crippen molar-refractivity contribution in [2.24, 2.45) is 0 Å². The number of anilines is 1. The highest BCUT2D eigenvalue weighted by Gasteiger charge is 2.26. The van der Waals surface area contributed by atoms with Gasteiger partial charge in [0.1, 0.15) is 0 Å². The zero-order chi connectivity index (χ0) is 20.8. The van der Waals surface area contributed by atoms with Gasteiger partial charge in [-0.05, 0) is 36.1 Å². The van der Waals surface area contributed by atoms with Crippen LogP contribution in [0.25, 0.3) is 0 Å². The molecule has 1 fully saturated rings. The average molecular weight is 392 g/mol. The minimum Gasteiger partial charge on any atom is -0.480 e. The van der Waals surface area contributed by atoms with Gasteiger partial charge in [-0.1, -0.05) is 39.8 Å². The zero-order valence-electron chi connectivity index (χ0n) is 17.6. The van der Waals surface area contributed by atoms with Crippen LogP contribution in [0.1, 0.15) is 50.7 Å². The Morgan fingerprint density at radius 2 is 2.00 bits per heavy atom. The van der Waals surface area contributed by atoms with E-state index in [1.807, 2.05) is 6.07 Å². The number of hydrogen-bond acceptors (Lipinski definition) is 4. The number of rotatable bonds is 7. The molecule has 0 radical (unpaired) electrons. The molecule has 2 N–H and O–H groups in total. The first-order valence-electron chi connectivity index (χ1n) is 9.89. The number of nitrogens with one attached hydrogen (secondary N) is 1. The van der Waals surface area contributed by atoms with Crippen molar-refractivity contribution >= 4 is 17.7 Å². The molecule has 1 unspecified atom stereocenters. The lowest BCUT2D eigenvalue weighted by Gasteiger charge is -2.34. The quantitative estimate of drug-likeness (QED) is 0.746. The standard InChI is InChI=1S/C21H33N3O4/c1-14(2)16-6-7-19(18(10-16)15(3)4)22-21(27)24-8-9-28-17(12-24)11-23(5)13-20(25)26/h6-7,10,14-15,17H,8-9,11-13H2,1-5H3,(H,22,27)(H,25,26). The summed E-state index contributed by atoms with van der Waals surface area (Å²) in [6, 6.07) is 6.08. The van der Waals surface area contributed by atoms with Crippen LogP contribution in [0.3, 0.4) is 0 Å². The Morgan fingerprint density at radius 1 is 1.29 bits per heavy atom. The number of ether oxygens (including phenoxy) is 1. The number of nitrogens with zero attached hydrogens (tertiary/aromatic N) is 2. The summed E-state index contributed by atoms with van der Waals surface area (Å²) in [6.07, 6.45) is -0.197. The van der Waals surface area contributed by atoms with E-state index in [1.165, 1.54) is 5.56 Å². The molecular weight excluding hydrogens is 358 g/mol. The van der Waals surface area contributed by atoms with Gasteiger partial charge in [0.25, 0.3) is 0 Å². The maximum Gasteiger partial charge on any atom is 0.322 e. The van der Waals surface area contributed by atoms with Crippen LogP contribution in [-0.4, -0.2) is 72.8 Å². The van der Waals surface area contributed by atoms with Crippen LogP contribution < -0.4 is 5.32 Å². The van der Waals surface area contributed by atoms with Crippen LogP contribution in [-0.2, 0) is 9.53 Å². The van der Waals surface area contributed by atoms with Gasteiger partial charge in [0, 0.05) is 25.3 Å². The lowest BCUT2D eigenvalue weighted by atomic mass is 9.94. The van der Waals surface area contributed by atoms with E-state index in [0.717, 1.165) is 11.3 Å². The van der Waals surface area contributed by atoms with Crippen molar-refractivity contribution in [2.75, 3.05) is 45.2 Å². The van der Waals surface area contributed by atoms with Gasteiger partial charge in [0.15, 0.2) is 0 Å². The number of morpholine rings is 1. The third-order valence-corrected chi connectivity index (χ3v) is 4.95. The summed E-state index contributed by atoms with van der Waals surface area (Å²) in [6.45, 7) is 10.4. The summed E-state index contributed by atoms with van der Waals surface area (Å²) >= 11 is 0. The highest BCUT2D eigenvalue weighted by Crippen LogP contribution is 2.28. The van der Waals surface area contributed by atoms with E-state index in [1.54, 1.807) is 16.8 Å². The monoisotopic (exact) mass is 391 g/mol. The number of benzene rings is 1. The van der Waals surface area contributed by atoms with Crippen LogP contribution in [0.15, 0.2) is 18.2 Å². The Labute approximate surface area is 167 Å². The van der Waals surface area contributed by atoms with E-state index < -0.39 is 5.97 Å². The van der Waals surface area contributed by atoms with Gasteiger partial charge in [-0.3, -0.25) is 9.69 Å². The van der Waals surface area contributed by atoms with E-state index in [-0.39, 0.29) is 18.7 Å². The molecule has 28 heavy (non-hydrogen) atoms. The molecular formula is C21H33N3O4. The van der Waals surface area contributed by atoms with E-state index in [9.17, 15) is 9.59 Å². The first-order chi connectivity index (χ1) is 13.2. The fourth-order valence-corrected chi connectivity index (χ4v) is 3.38. The molecule has 0 saturated carbocycles. The Morgan fingerprint density at radius 3 is 2.61 bits per heavy atom. The summed E-state index contributed by atoms with van der Waals surface area (Å²) in [4.78, 5) is 27.1. The number of carbonyl (C=O) groups is 2. The molecule has 0 aliphatic carbocycles. The van der Waals surface area contributed by atoms with Crippen LogP contribution >= 0.6 is 0 Å². The van der Waals surface area contributed by atoms with Gasteiger partial charge < -0.3 is 20.1 Å². The number of carbonyl (C=O) groups excluding carboxylic acids is 1. The van der Waals surface area contributed by atoms with E-state index in [0.29, 0.717) is 38.1 Å². The summed E-state index contributed by atoms with van der Waals surface area (Å²) in [5.74, 6) is -0.139. The highest BCUT2D eigenvalue weighted by atomic mass is 16.5. The molecule has 0 bridgehead atoms. The number of carboxylic acid groups (broad SMARTS) is 1. The predicted molar refractivity (Wildman–Crippen MR) is 110 cm³/mol. The number of urea groups is 1. The Hall–Kier alpha value is -2.12. The Kier molecular flexibility index (Phi) is 7.83. The van der Waals surface area contributed by atoms with Gasteiger partial charge in [-0.15, -0.1) is 0 Å². The molecule has 7 heteroatoms. The van der Waals surface area contributed by atoms with Gasteiger partial charge in [-0.25, -0.2) is 4.79 Å². The SMILES string of the molecule is CC(C)c1ccc(NC(=O)N2CCOC(CN(C)CC(=O)O)C2)c(C(C)C)c1. The molecule has 1 atom stereocenters. The van der Waals surface area contributed by atoms with Crippen molar-refractivity contribution in [2.45, 2.75) is 45.6 Å². The van der Waals surface area contributed by atoms with Gasteiger partial charge in [0.05, 0.1) is 19.3 Å². The first-order valence-corrected chi connectivity index (χ1v) is 9.89. The largest absolute Gasteiger partial charge is 0.480 e. The second-order valence-corrected chi connectivity index (χ2v) is 8.12. The number of hydrogen-bond donors (Lipinski definition) is 2. The molecule has 1 aromatic rings. The smallest absolute Gasteiger partial charge is 0.322 e. The second kappa shape index (κ2) is 9.89. The van der Waals surface area contributed by atoms with Crippen LogP contribution in [0, 0.1) is 0 Å². The average Bonchev–Trinajstić information content (AvgIpc) is 2.61. The molecule has 0 aromatic heterocycles. The van der Waals surface area contributed by atoms with Gasteiger partial charge in [-0.2, -0.15) is 0 Å². The molecule has 1 heterocycles. The Balaban J connectivity index is 2.03. The van der Waals surface area contributed by atoms with Crippen molar-refractivity contribution in [3.8, 4) is 0 Å². The summed E-state index contributed by atoms with van der Waals surface area (Å²) in [7, 11) is 1.74. The molecule has 1 aliphatic rings. The molecule has 1 aromatic carbocycles. The maximum absolute atomic E-state index is 12.8. The molecule has 156 valence electrons. The number of carboxylic acids is 1. The lowest BCUT2D eigenvalue weighted by Crippen LogP contribution is -2.50. The molecule has 2 rings (SSSR count). The van der Waals surface area contributed by atoms with Crippen molar-refractivity contribution in [3.05, 3.63) is 29.3 Å². The third kappa shape index (κ3) is 6.21. The maximum atomic E-state index is 12.8. The predicted octanol–water partition coefficient (Wildman–Crippen LogP) is 3.18. The van der Waals surface area contributed by atoms with E-state index >= 15 is 0 Å².